The minimum absolute atomic E-state index is 0.0162. The summed E-state index contributed by atoms with van der Waals surface area (Å²) in [6.45, 7) is 3.20. The third-order valence-corrected chi connectivity index (χ3v) is 6.09. The predicted molar refractivity (Wildman–Crippen MR) is 123 cm³/mol. The summed E-state index contributed by atoms with van der Waals surface area (Å²) in [5, 5.41) is 11.2. The molecule has 4 rings (SSSR count). The number of para-hydroxylation sites is 1. The Morgan fingerprint density at radius 1 is 1.09 bits per heavy atom. The highest BCUT2D eigenvalue weighted by Gasteiger charge is 2.26. The first-order valence-electron chi connectivity index (χ1n) is 10.4. The van der Waals surface area contributed by atoms with Crippen LogP contribution in [0, 0.1) is 0 Å². The lowest BCUT2D eigenvalue weighted by atomic mass is 10.3. The first-order chi connectivity index (χ1) is 15.3. The zero-order chi connectivity index (χ0) is 23.0. The normalized spacial score (nSPS) is 16.0. The molecule has 3 aromatic rings. The van der Waals surface area contributed by atoms with Gasteiger partial charge in [-0.1, -0.05) is 23.7 Å². The first kappa shape index (κ1) is 22.4. The van der Waals surface area contributed by atoms with Gasteiger partial charge in [0.1, 0.15) is 18.5 Å². The van der Waals surface area contributed by atoms with Crippen molar-refractivity contribution in [1.29, 1.82) is 0 Å². The van der Waals surface area contributed by atoms with Gasteiger partial charge in [0.05, 0.1) is 11.6 Å². The van der Waals surface area contributed by atoms with Gasteiger partial charge in [-0.05, 0) is 19.2 Å². The summed E-state index contributed by atoms with van der Waals surface area (Å²) in [4.78, 5) is 34.4. The van der Waals surface area contributed by atoms with Crippen LogP contribution in [0.3, 0.4) is 0 Å². The van der Waals surface area contributed by atoms with E-state index in [2.05, 4.69) is 21.8 Å². The van der Waals surface area contributed by atoms with Crippen molar-refractivity contribution in [1.82, 2.24) is 23.6 Å². The lowest BCUT2D eigenvalue weighted by Crippen LogP contribution is -2.45. The molecule has 1 aromatic carbocycles. The highest BCUT2D eigenvalue weighted by molar-refractivity contribution is 6.32. The van der Waals surface area contributed by atoms with Gasteiger partial charge >= 0.3 is 5.69 Å². The standard InChI is InChI=1S/C21H27ClN6O4/c1-24-8-10-27(11-9-24)20-23-18-17(19(30)26(3)21(31)25(18)2)28(20)12-14(29)13-32-16-7-5-4-6-15(16)22/h4-7,14,29H,8-13H2,1-3H3. The van der Waals surface area contributed by atoms with Crippen LogP contribution in [0.2, 0.25) is 5.02 Å². The molecule has 3 heterocycles. The fraction of sp³-hybridized carbons (Fsp3) is 0.476. The van der Waals surface area contributed by atoms with Gasteiger partial charge in [0.15, 0.2) is 11.2 Å². The van der Waals surface area contributed by atoms with Gasteiger partial charge in [-0.2, -0.15) is 4.98 Å². The van der Waals surface area contributed by atoms with Gasteiger partial charge in [0.25, 0.3) is 5.56 Å². The molecule has 0 radical (unpaired) electrons. The highest BCUT2D eigenvalue weighted by atomic mass is 35.5. The minimum Gasteiger partial charge on any atom is -0.489 e. The molecule has 1 unspecified atom stereocenters. The van der Waals surface area contributed by atoms with Crippen LogP contribution in [0.5, 0.6) is 5.75 Å². The third-order valence-electron chi connectivity index (χ3n) is 5.78. The molecule has 1 N–H and O–H groups in total. The maximum atomic E-state index is 13.0. The Bertz CT molecular complexity index is 1240. The number of fused-ring (bicyclic) bond motifs is 1. The lowest BCUT2D eigenvalue weighted by molar-refractivity contribution is 0.0936. The average molecular weight is 463 g/mol. The molecular formula is C21H27ClN6O4. The van der Waals surface area contributed by atoms with Crippen LogP contribution in [-0.4, -0.2) is 74.6 Å². The molecule has 11 heteroatoms. The Morgan fingerprint density at radius 2 is 1.78 bits per heavy atom. The average Bonchev–Trinajstić information content (AvgIpc) is 3.15. The number of imidazole rings is 1. The number of likely N-dealkylation sites (N-methyl/N-ethyl adjacent to an activating group) is 1. The molecule has 172 valence electrons. The molecule has 0 saturated carbocycles. The Balaban J connectivity index is 1.71. The summed E-state index contributed by atoms with van der Waals surface area (Å²) in [5.74, 6) is 1.03. The van der Waals surface area contributed by atoms with Gasteiger partial charge < -0.3 is 24.2 Å². The van der Waals surface area contributed by atoms with Crippen molar-refractivity contribution in [3.05, 3.63) is 50.1 Å². The Kier molecular flexibility index (Phi) is 6.27. The van der Waals surface area contributed by atoms with E-state index in [1.165, 1.54) is 11.6 Å². The summed E-state index contributed by atoms with van der Waals surface area (Å²) >= 11 is 6.13. The molecule has 10 nitrogen and oxygen atoms in total. The van der Waals surface area contributed by atoms with Gasteiger partial charge in [0, 0.05) is 40.3 Å². The Labute approximate surface area is 189 Å². The molecule has 0 bridgehead atoms. The van der Waals surface area contributed by atoms with Crippen LogP contribution >= 0.6 is 11.6 Å². The maximum Gasteiger partial charge on any atom is 0.332 e. The summed E-state index contributed by atoms with van der Waals surface area (Å²) in [6.07, 6.45) is -0.933. The van der Waals surface area contributed by atoms with Crippen LogP contribution in [0.4, 0.5) is 5.95 Å². The zero-order valence-corrected chi connectivity index (χ0v) is 19.1. The van der Waals surface area contributed by atoms with Crippen LogP contribution in [-0.2, 0) is 20.6 Å². The minimum atomic E-state index is -0.933. The second-order valence-corrected chi connectivity index (χ2v) is 8.49. The summed E-state index contributed by atoms with van der Waals surface area (Å²) in [5.41, 5.74) is -0.318. The smallest absolute Gasteiger partial charge is 0.332 e. The Morgan fingerprint density at radius 3 is 2.47 bits per heavy atom. The van der Waals surface area contributed by atoms with Crippen molar-refractivity contribution in [2.24, 2.45) is 14.1 Å². The number of nitrogens with zero attached hydrogens (tertiary/aromatic N) is 6. The van der Waals surface area contributed by atoms with Gasteiger partial charge in [0.2, 0.25) is 5.95 Å². The summed E-state index contributed by atoms with van der Waals surface area (Å²) in [7, 11) is 5.08. The van der Waals surface area contributed by atoms with Crippen molar-refractivity contribution in [2.75, 3.05) is 44.7 Å². The van der Waals surface area contributed by atoms with Crippen molar-refractivity contribution in [2.45, 2.75) is 12.6 Å². The number of anilines is 1. The third kappa shape index (κ3) is 4.13. The topological polar surface area (TPSA) is 97.8 Å². The van der Waals surface area contributed by atoms with Crippen LogP contribution < -0.4 is 20.9 Å². The van der Waals surface area contributed by atoms with Gasteiger partial charge in [-0.25, -0.2) is 4.79 Å². The van der Waals surface area contributed by atoms with E-state index in [0.29, 0.717) is 22.4 Å². The van der Waals surface area contributed by atoms with Gasteiger partial charge in [-0.3, -0.25) is 13.9 Å². The largest absolute Gasteiger partial charge is 0.489 e. The number of piperazine rings is 1. The number of benzene rings is 1. The molecule has 2 aromatic heterocycles. The molecule has 1 atom stereocenters. The van der Waals surface area contributed by atoms with Crippen LogP contribution in [0.15, 0.2) is 33.9 Å². The fourth-order valence-electron chi connectivity index (χ4n) is 3.87. The number of ether oxygens (including phenoxy) is 1. The van der Waals surface area contributed by atoms with E-state index in [1.54, 1.807) is 35.9 Å². The predicted octanol–water partition coefficient (Wildman–Crippen LogP) is 0.279. The lowest BCUT2D eigenvalue weighted by Gasteiger charge is -2.33. The molecule has 0 amide bonds. The molecule has 0 aliphatic carbocycles. The second-order valence-electron chi connectivity index (χ2n) is 8.09. The van der Waals surface area contributed by atoms with E-state index >= 15 is 0 Å². The zero-order valence-electron chi connectivity index (χ0n) is 18.4. The molecule has 1 saturated heterocycles. The van der Waals surface area contributed by atoms with Crippen LogP contribution in [0.25, 0.3) is 11.2 Å². The molecule has 32 heavy (non-hydrogen) atoms. The van der Waals surface area contributed by atoms with Crippen molar-refractivity contribution < 1.29 is 9.84 Å². The number of rotatable bonds is 6. The van der Waals surface area contributed by atoms with E-state index in [1.807, 2.05) is 0 Å². The van der Waals surface area contributed by atoms with Crippen molar-refractivity contribution in [3.63, 3.8) is 0 Å². The fourth-order valence-corrected chi connectivity index (χ4v) is 4.06. The number of aryl methyl sites for hydroxylation is 1. The maximum absolute atomic E-state index is 13.0. The SMILES string of the molecule is CN1CCN(c2nc3c(c(=O)n(C)c(=O)n3C)n2CC(O)COc2ccccc2Cl)CC1. The highest BCUT2D eigenvalue weighted by Crippen LogP contribution is 2.24. The number of aliphatic hydroxyl groups is 1. The molecule has 1 aliphatic rings. The summed E-state index contributed by atoms with van der Waals surface area (Å²) in [6, 6.07) is 7.03. The molecule has 1 fully saturated rings. The first-order valence-corrected chi connectivity index (χ1v) is 10.8. The van der Waals surface area contributed by atoms with E-state index in [4.69, 9.17) is 16.3 Å². The molecule has 1 aliphatic heterocycles. The summed E-state index contributed by atoms with van der Waals surface area (Å²) < 4.78 is 9.80. The quantitative estimate of drug-likeness (QED) is 0.562. The molecule has 0 spiro atoms. The van der Waals surface area contributed by atoms with E-state index < -0.39 is 17.4 Å². The van der Waals surface area contributed by atoms with E-state index in [9.17, 15) is 14.7 Å². The number of hydrogen-bond acceptors (Lipinski definition) is 7. The number of aliphatic hydroxyl groups excluding tert-OH is 1. The second kappa shape index (κ2) is 8.97. The van der Waals surface area contributed by atoms with E-state index in [-0.39, 0.29) is 18.7 Å². The van der Waals surface area contributed by atoms with Crippen molar-refractivity contribution in [3.8, 4) is 5.75 Å². The van der Waals surface area contributed by atoms with Crippen molar-refractivity contribution >= 4 is 28.7 Å². The number of halogens is 1. The van der Waals surface area contributed by atoms with Crippen LogP contribution in [0.1, 0.15) is 0 Å². The molecular weight excluding hydrogens is 436 g/mol. The monoisotopic (exact) mass is 462 g/mol. The Hall–Kier alpha value is -2.82. The van der Waals surface area contributed by atoms with E-state index in [0.717, 1.165) is 30.7 Å². The van der Waals surface area contributed by atoms with Gasteiger partial charge in [-0.15, -0.1) is 0 Å². The number of hydrogen-bond donors (Lipinski definition) is 1. The number of aromatic nitrogens is 4.